The number of aliphatic imine (C=N–C) groups is 1. The molecule has 2 aromatic rings. The lowest BCUT2D eigenvalue weighted by Gasteiger charge is -2.23. The van der Waals surface area contributed by atoms with E-state index in [2.05, 4.69) is 21.4 Å². The summed E-state index contributed by atoms with van der Waals surface area (Å²) >= 11 is 0. The summed E-state index contributed by atoms with van der Waals surface area (Å²) in [4.78, 5) is 32.2. The molecule has 0 saturated heterocycles. The van der Waals surface area contributed by atoms with Crippen molar-refractivity contribution in [2.45, 2.75) is 38.8 Å². The van der Waals surface area contributed by atoms with E-state index in [1.807, 2.05) is 0 Å². The van der Waals surface area contributed by atoms with Crippen LogP contribution >= 0.6 is 0 Å². The Morgan fingerprint density at radius 3 is 2.72 bits per heavy atom. The molecule has 0 bridgehead atoms. The van der Waals surface area contributed by atoms with Crippen LogP contribution in [0.15, 0.2) is 28.0 Å². The van der Waals surface area contributed by atoms with Gasteiger partial charge in [-0.05, 0) is 32.4 Å². The Bertz CT molecular complexity index is 1100. The van der Waals surface area contributed by atoms with Crippen molar-refractivity contribution in [3.8, 4) is 6.07 Å². The predicted molar refractivity (Wildman–Crippen MR) is 103 cm³/mol. The predicted octanol–water partition coefficient (Wildman–Crippen LogP) is 3.14. The number of hydrogen-bond donors (Lipinski definition) is 2. The topological polar surface area (TPSA) is 98.1 Å². The van der Waals surface area contributed by atoms with Crippen molar-refractivity contribution in [2.75, 3.05) is 0 Å². The third kappa shape index (κ3) is 3.81. The van der Waals surface area contributed by atoms with Crippen molar-refractivity contribution < 1.29 is 13.6 Å². The van der Waals surface area contributed by atoms with Gasteiger partial charge in [-0.25, -0.2) is 8.78 Å². The van der Waals surface area contributed by atoms with Gasteiger partial charge in [0.25, 0.3) is 5.56 Å². The van der Waals surface area contributed by atoms with Crippen molar-refractivity contribution in [1.29, 1.82) is 5.26 Å². The van der Waals surface area contributed by atoms with Crippen LogP contribution in [-0.2, 0) is 4.79 Å². The van der Waals surface area contributed by atoms with Gasteiger partial charge < -0.3 is 10.3 Å². The zero-order valence-corrected chi connectivity index (χ0v) is 16.1. The molecule has 2 N–H and O–H groups in total. The average molecular weight is 397 g/mol. The molecule has 1 amide bonds. The average Bonchev–Trinajstić information content (AvgIpc) is 2.66. The van der Waals surface area contributed by atoms with Gasteiger partial charge >= 0.3 is 0 Å². The molecule has 2 heterocycles. The fourth-order valence-corrected chi connectivity index (χ4v) is 3.56. The van der Waals surface area contributed by atoms with Crippen molar-refractivity contribution in [3.05, 3.63) is 74.6 Å². The van der Waals surface area contributed by atoms with Crippen LogP contribution in [0.1, 0.15) is 59.8 Å². The molecule has 29 heavy (non-hydrogen) atoms. The number of amides is 1. The van der Waals surface area contributed by atoms with E-state index < -0.39 is 41.1 Å². The first-order valence-electron chi connectivity index (χ1n) is 9.02. The van der Waals surface area contributed by atoms with E-state index in [9.17, 15) is 23.6 Å². The van der Waals surface area contributed by atoms with Crippen LogP contribution in [0.2, 0.25) is 0 Å². The summed E-state index contributed by atoms with van der Waals surface area (Å²) in [5.74, 6) is -2.83. The second-order valence-corrected chi connectivity index (χ2v) is 6.93. The summed E-state index contributed by atoms with van der Waals surface area (Å²) in [6.45, 7) is 4.81. The molecule has 1 radical (unpaired) electrons. The van der Waals surface area contributed by atoms with Crippen LogP contribution in [0, 0.1) is 36.3 Å². The number of aromatic amines is 1. The highest BCUT2D eigenvalue weighted by Gasteiger charge is 2.29. The monoisotopic (exact) mass is 397 g/mol. The number of benzene rings is 1. The maximum absolute atomic E-state index is 14.0. The van der Waals surface area contributed by atoms with Gasteiger partial charge in [0.2, 0.25) is 5.91 Å². The lowest BCUT2D eigenvalue weighted by atomic mass is 9.88. The number of nitrogens with one attached hydrogen (secondary N) is 2. The van der Waals surface area contributed by atoms with Crippen LogP contribution in [0.25, 0.3) is 0 Å². The van der Waals surface area contributed by atoms with E-state index in [-0.39, 0.29) is 11.1 Å². The Balaban J connectivity index is 1.91. The number of halogens is 2. The van der Waals surface area contributed by atoms with E-state index in [0.717, 1.165) is 12.1 Å². The number of nitrogens with zero attached hydrogens (tertiary/aromatic N) is 2. The first-order chi connectivity index (χ1) is 13.7. The molecule has 3 atom stereocenters. The van der Waals surface area contributed by atoms with Gasteiger partial charge in [0.15, 0.2) is 6.04 Å². The Kier molecular flexibility index (Phi) is 5.59. The minimum absolute atomic E-state index is 0.136. The van der Waals surface area contributed by atoms with Gasteiger partial charge in [0.1, 0.15) is 11.6 Å². The van der Waals surface area contributed by atoms with Crippen LogP contribution in [0.5, 0.6) is 0 Å². The second kappa shape index (κ2) is 7.95. The molecule has 1 aromatic heterocycles. The van der Waals surface area contributed by atoms with Crippen LogP contribution in [0.4, 0.5) is 8.78 Å². The number of H-pyrrole nitrogens is 1. The number of carbonyl (C=O) groups is 1. The van der Waals surface area contributed by atoms with Crippen LogP contribution in [0.3, 0.4) is 0 Å². The maximum atomic E-state index is 14.0. The SMILES string of the molecule is Cc1c2c([nH]c(=O)c1[C@@H](C)C(=O)N[C@@H](C)c1ccc(F)cc1F)[CH]C=NC2C#N. The van der Waals surface area contributed by atoms with Crippen molar-refractivity contribution in [3.63, 3.8) is 0 Å². The number of carbonyl (C=O) groups excluding carboxylic acids is 1. The fraction of sp³-hybridized carbons (Fsp3) is 0.286. The third-order valence-corrected chi connectivity index (χ3v) is 5.08. The summed E-state index contributed by atoms with van der Waals surface area (Å²) in [6.07, 6.45) is 3.06. The van der Waals surface area contributed by atoms with Gasteiger partial charge in [-0.15, -0.1) is 0 Å². The molecule has 1 aliphatic rings. The fourth-order valence-electron chi connectivity index (χ4n) is 3.56. The van der Waals surface area contributed by atoms with E-state index in [0.29, 0.717) is 16.8 Å². The van der Waals surface area contributed by atoms with E-state index in [1.54, 1.807) is 27.2 Å². The van der Waals surface area contributed by atoms with E-state index in [1.165, 1.54) is 12.3 Å². The summed E-state index contributed by atoms with van der Waals surface area (Å²) in [6, 6.07) is 3.70. The summed E-state index contributed by atoms with van der Waals surface area (Å²) < 4.78 is 27.1. The number of nitriles is 1. The largest absolute Gasteiger partial charge is 0.349 e. The molecule has 0 spiro atoms. The van der Waals surface area contributed by atoms with Crippen LogP contribution in [-0.4, -0.2) is 17.1 Å². The molecule has 1 aliphatic heterocycles. The summed E-state index contributed by atoms with van der Waals surface area (Å²) in [5, 5.41) is 12.0. The zero-order chi connectivity index (χ0) is 21.3. The minimum Gasteiger partial charge on any atom is -0.349 e. The van der Waals surface area contributed by atoms with Gasteiger partial charge in [-0.1, -0.05) is 6.07 Å². The summed E-state index contributed by atoms with van der Waals surface area (Å²) in [7, 11) is 0. The Labute approximate surface area is 166 Å². The van der Waals surface area contributed by atoms with Crippen molar-refractivity contribution in [1.82, 2.24) is 10.3 Å². The third-order valence-electron chi connectivity index (χ3n) is 5.08. The Morgan fingerprint density at radius 1 is 1.34 bits per heavy atom. The van der Waals surface area contributed by atoms with Crippen molar-refractivity contribution >= 4 is 12.1 Å². The zero-order valence-electron chi connectivity index (χ0n) is 16.1. The first-order valence-corrected chi connectivity index (χ1v) is 9.02. The molecule has 0 saturated carbocycles. The lowest BCUT2D eigenvalue weighted by Crippen LogP contribution is -2.34. The molecular weight excluding hydrogens is 378 g/mol. The first kappa shape index (κ1) is 20.4. The van der Waals surface area contributed by atoms with Gasteiger partial charge in [0, 0.05) is 41.1 Å². The highest BCUT2D eigenvalue weighted by molar-refractivity contribution is 5.84. The Hall–Kier alpha value is -3.34. The second-order valence-electron chi connectivity index (χ2n) is 6.93. The molecular formula is C21H19F2N4O2. The highest BCUT2D eigenvalue weighted by Crippen LogP contribution is 2.31. The maximum Gasteiger partial charge on any atom is 0.252 e. The molecule has 3 rings (SSSR count). The minimum atomic E-state index is -0.861. The van der Waals surface area contributed by atoms with Crippen LogP contribution < -0.4 is 10.9 Å². The number of fused-ring (bicyclic) bond motifs is 1. The van der Waals surface area contributed by atoms with Gasteiger partial charge in [0.05, 0.1) is 18.0 Å². The quantitative estimate of drug-likeness (QED) is 0.829. The molecule has 149 valence electrons. The van der Waals surface area contributed by atoms with Gasteiger partial charge in [-0.3, -0.25) is 14.6 Å². The number of rotatable bonds is 4. The van der Waals surface area contributed by atoms with Crippen molar-refractivity contribution in [2.24, 2.45) is 4.99 Å². The lowest BCUT2D eigenvalue weighted by molar-refractivity contribution is -0.122. The molecule has 1 aromatic carbocycles. The number of pyridine rings is 1. The highest BCUT2D eigenvalue weighted by atomic mass is 19.1. The van der Waals surface area contributed by atoms with E-state index >= 15 is 0 Å². The standard InChI is InChI=1S/C21H19F2N4O2/c1-10-18(21(29)27-16-6-7-25-17(9-24)19(10)16)11(2)20(28)26-12(3)14-5-4-13(22)8-15(14)23/h4-8,11-12,17H,1-3H3,(H,26,28)(H,27,29)/t11-,12+,17?/m1/s1. The normalized spacial score (nSPS) is 17.2. The number of hydrogen-bond acceptors (Lipinski definition) is 4. The number of aromatic nitrogens is 1. The molecule has 0 fully saturated rings. The molecule has 6 nitrogen and oxygen atoms in total. The Morgan fingerprint density at radius 2 is 2.07 bits per heavy atom. The molecule has 1 unspecified atom stereocenters. The van der Waals surface area contributed by atoms with Gasteiger partial charge in [-0.2, -0.15) is 5.26 Å². The molecule has 8 heteroatoms. The summed E-state index contributed by atoms with van der Waals surface area (Å²) in [5.41, 5.74) is 1.49. The van der Waals surface area contributed by atoms with E-state index in [4.69, 9.17) is 0 Å². The smallest absolute Gasteiger partial charge is 0.252 e. The molecule has 0 aliphatic carbocycles.